The molecule has 9 N–H and O–H groups in total. The van der Waals surface area contributed by atoms with E-state index in [9.17, 15) is 60.3 Å². The van der Waals surface area contributed by atoms with Crippen LogP contribution in [0.4, 0.5) is 0 Å². The molecule has 6 rings (SSSR count). The molecule has 0 fully saturated rings. The highest BCUT2D eigenvalue weighted by molar-refractivity contribution is 6.19. The van der Waals surface area contributed by atoms with E-state index in [4.69, 9.17) is 0 Å². The number of benzene rings is 3. The maximum Gasteiger partial charge on any atom is 0.168 e. The second-order valence-electron chi connectivity index (χ2n) is 9.31. The molecule has 6 aromatic rings. The Morgan fingerprint density at radius 1 is 0.476 bits per heavy atom. The zero-order chi connectivity index (χ0) is 30.4. The van der Waals surface area contributed by atoms with Crippen LogP contribution in [0.5, 0.6) is 34.5 Å². The number of aromatic nitrogens is 3. The van der Waals surface area contributed by atoms with Crippen molar-refractivity contribution in [2.75, 3.05) is 0 Å². The number of hydrogen-bond donors (Lipinski definition) is 9. The van der Waals surface area contributed by atoms with E-state index in [2.05, 4.69) is 15.0 Å². The molecule has 42 heavy (non-hydrogen) atoms. The predicted octanol–water partition coefficient (Wildman–Crippen LogP) is -0.211. The number of carboxylic acid groups (broad SMARTS) is 3. The Labute approximate surface area is 230 Å². The number of phenols is 6. The monoisotopic (exact) mass is 572 g/mol. The van der Waals surface area contributed by atoms with Gasteiger partial charge in [-0.3, -0.25) is 0 Å². The fraction of sp³-hybridized carbons (Fsp3) is 0. The van der Waals surface area contributed by atoms with Crippen LogP contribution in [-0.4, -0.2) is 63.5 Å². The van der Waals surface area contributed by atoms with Gasteiger partial charge < -0.3 is 75.3 Å². The number of aromatic amines is 3. The Bertz CT molecular complexity index is 2050. The van der Waals surface area contributed by atoms with Crippen molar-refractivity contribution in [1.82, 2.24) is 15.0 Å². The summed E-state index contributed by atoms with van der Waals surface area (Å²) in [5.74, 6) is -10.6. The Balaban J connectivity index is 1.82. The maximum atomic E-state index is 11.9. The van der Waals surface area contributed by atoms with E-state index < -0.39 is 91.7 Å². The average Bonchev–Trinajstić information content (AvgIpc) is 3.65. The van der Waals surface area contributed by atoms with Crippen molar-refractivity contribution in [1.29, 1.82) is 0 Å². The van der Waals surface area contributed by atoms with E-state index in [-0.39, 0.29) is 32.7 Å². The largest absolute Gasteiger partial charge is 0.543 e. The molecule has 0 aliphatic rings. The van der Waals surface area contributed by atoms with E-state index in [0.29, 0.717) is 0 Å². The number of nitrogens with one attached hydrogen (secondary N) is 3. The summed E-state index contributed by atoms with van der Waals surface area (Å²) < 4.78 is 0. The van der Waals surface area contributed by atoms with E-state index in [1.807, 2.05) is 0 Å². The lowest BCUT2D eigenvalue weighted by atomic mass is 9.90. The lowest BCUT2D eigenvalue weighted by molar-refractivity contribution is -0.256. The van der Waals surface area contributed by atoms with Gasteiger partial charge in [0.15, 0.2) is 34.5 Å². The molecule has 0 atom stereocenters. The third-order valence-electron chi connectivity index (χ3n) is 6.95. The summed E-state index contributed by atoms with van der Waals surface area (Å²) in [5, 5.41) is 99.5. The first-order chi connectivity index (χ1) is 19.8. The van der Waals surface area contributed by atoms with Gasteiger partial charge >= 0.3 is 0 Å². The minimum Gasteiger partial charge on any atom is -0.543 e. The number of hydrogen-bond acceptors (Lipinski definition) is 12. The summed E-state index contributed by atoms with van der Waals surface area (Å²) >= 11 is 0. The predicted molar refractivity (Wildman–Crippen MR) is 136 cm³/mol. The summed E-state index contributed by atoms with van der Waals surface area (Å²) in [7, 11) is 0. The first-order valence-corrected chi connectivity index (χ1v) is 11.7. The van der Waals surface area contributed by atoms with E-state index in [0.717, 1.165) is 30.3 Å². The Kier molecular flexibility index (Phi) is 5.21. The standard InChI is InChI=1S/C27H17N3O12/c31-14-4-9-6(1-11(28-9)25(37)38)16(21(14)33)18-8-3-13(27(41)42)30-20(8)19(24(36)23(18)35)17-7-2-12(26(39)40)29-10(7)5-15(32)22(17)34/h1-5,28-36H,(H,37,38)(H,39,40)(H,41,42)/p-3. The topological polar surface area (TPSA) is 289 Å². The van der Waals surface area contributed by atoms with Crippen LogP contribution in [0.25, 0.3) is 55.0 Å². The second-order valence-corrected chi connectivity index (χ2v) is 9.31. The van der Waals surface area contributed by atoms with E-state index >= 15 is 0 Å². The number of carboxylic acids is 3. The van der Waals surface area contributed by atoms with Gasteiger partial charge in [-0.1, -0.05) is 0 Å². The van der Waals surface area contributed by atoms with Crippen LogP contribution in [0.3, 0.4) is 0 Å². The summed E-state index contributed by atoms with van der Waals surface area (Å²) in [6.07, 6.45) is 0. The zero-order valence-electron chi connectivity index (χ0n) is 20.5. The SMILES string of the molecule is O=C([O-])c1cc2c(-c3c(O)c(O)c(-c4c(O)c(O)cc5[nH]c(C(=O)[O-])cc45)c4[nH]c(C(=O)[O-])cc34)c(O)c(O)cc2[nH]1. The quantitative estimate of drug-likeness (QED) is 0.121. The fourth-order valence-corrected chi connectivity index (χ4v) is 5.17. The van der Waals surface area contributed by atoms with Gasteiger partial charge in [-0.15, -0.1) is 0 Å². The average molecular weight is 572 g/mol. The number of fused-ring (bicyclic) bond motifs is 3. The minimum absolute atomic E-state index is 0.0549. The number of carbonyl (C=O) groups excluding carboxylic acids is 3. The highest BCUT2D eigenvalue weighted by atomic mass is 16.4. The second kappa shape index (κ2) is 8.49. The van der Waals surface area contributed by atoms with Crippen molar-refractivity contribution < 1.29 is 60.3 Å². The van der Waals surface area contributed by atoms with Crippen molar-refractivity contribution in [3.05, 3.63) is 47.4 Å². The molecule has 212 valence electrons. The summed E-state index contributed by atoms with van der Waals surface area (Å²) in [4.78, 5) is 42.2. The lowest BCUT2D eigenvalue weighted by Crippen LogP contribution is -2.22. The zero-order valence-corrected chi connectivity index (χ0v) is 20.5. The molecule has 15 nitrogen and oxygen atoms in total. The molecule has 3 aromatic carbocycles. The van der Waals surface area contributed by atoms with Crippen molar-refractivity contribution in [3.63, 3.8) is 0 Å². The number of rotatable bonds is 5. The molecule has 0 spiro atoms. The third kappa shape index (κ3) is 3.43. The van der Waals surface area contributed by atoms with E-state index in [1.165, 1.54) is 0 Å². The van der Waals surface area contributed by atoms with Crippen LogP contribution < -0.4 is 15.3 Å². The number of aromatic hydroxyl groups is 6. The number of aromatic carboxylic acids is 3. The molecule has 15 heteroatoms. The van der Waals surface area contributed by atoms with Gasteiger partial charge in [0, 0.05) is 45.0 Å². The number of phenolic OH excluding ortho intramolecular Hbond substituents is 6. The Morgan fingerprint density at radius 2 is 0.833 bits per heavy atom. The van der Waals surface area contributed by atoms with Crippen LogP contribution in [0.1, 0.15) is 31.5 Å². The Morgan fingerprint density at radius 3 is 1.29 bits per heavy atom. The van der Waals surface area contributed by atoms with Gasteiger partial charge in [-0.05, 0) is 18.2 Å². The lowest BCUT2D eigenvalue weighted by Gasteiger charge is -2.17. The van der Waals surface area contributed by atoms with Crippen molar-refractivity contribution in [2.24, 2.45) is 0 Å². The van der Waals surface area contributed by atoms with Crippen LogP contribution >= 0.6 is 0 Å². The van der Waals surface area contributed by atoms with Crippen LogP contribution in [0.2, 0.25) is 0 Å². The molecule has 0 aliphatic carbocycles. The number of carbonyl (C=O) groups is 3. The van der Waals surface area contributed by atoms with Crippen LogP contribution in [-0.2, 0) is 0 Å². The molecule has 0 aliphatic heterocycles. The first kappa shape index (κ1) is 25.8. The summed E-state index contributed by atoms with van der Waals surface area (Å²) in [6, 6.07) is 4.91. The molecule has 0 bridgehead atoms. The molecule has 3 heterocycles. The van der Waals surface area contributed by atoms with Crippen LogP contribution in [0, 0.1) is 0 Å². The number of H-pyrrole nitrogens is 3. The van der Waals surface area contributed by atoms with Crippen LogP contribution in [0.15, 0.2) is 30.3 Å². The molecule has 0 unspecified atom stereocenters. The third-order valence-corrected chi connectivity index (χ3v) is 6.95. The molecule has 3 aromatic heterocycles. The fourth-order valence-electron chi connectivity index (χ4n) is 5.17. The molecule has 0 radical (unpaired) electrons. The van der Waals surface area contributed by atoms with Gasteiger partial charge in [-0.25, -0.2) is 0 Å². The van der Waals surface area contributed by atoms with Gasteiger partial charge in [0.1, 0.15) is 0 Å². The van der Waals surface area contributed by atoms with Crippen molar-refractivity contribution in [3.8, 4) is 56.8 Å². The molecular weight excluding hydrogens is 558 g/mol. The van der Waals surface area contributed by atoms with Gasteiger partial charge in [0.2, 0.25) is 0 Å². The molecule has 0 saturated heterocycles. The normalized spacial score (nSPS) is 11.5. The highest BCUT2D eigenvalue weighted by Crippen LogP contribution is 2.57. The minimum atomic E-state index is -1.76. The molecule has 0 amide bonds. The molecule has 0 saturated carbocycles. The first-order valence-electron chi connectivity index (χ1n) is 11.7. The molecular formula is C27H14N3O12-3. The van der Waals surface area contributed by atoms with Gasteiger partial charge in [0.25, 0.3) is 0 Å². The van der Waals surface area contributed by atoms with Crippen molar-refractivity contribution in [2.45, 2.75) is 0 Å². The highest BCUT2D eigenvalue weighted by Gasteiger charge is 2.30. The smallest absolute Gasteiger partial charge is 0.168 e. The summed E-state index contributed by atoms with van der Waals surface area (Å²) in [5.41, 5.74) is -3.93. The Hall–Kier alpha value is -6.51. The van der Waals surface area contributed by atoms with Gasteiger partial charge in [0.05, 0.1) is 57.1 Å². The van der Waals surface area contributed by atoms with E-state index in [1.54, 1.807) is 0 Å². The maximum absolute atomic E-state index is 11.9. The van der Waals surface area contributed by atoms with Gasteiger partial charge in [-0.2, -0.15) is 0 Å². The van der Waals surface area contributed by atoms with Crippen molar-refractivity contribution >= 4 is 50.6 Å². The summed E-state index contributed by atoms with van der Waals surface area (Å²) in [6.45, 7) is 0.